The molecule has 0 aliphatic rings. The highest BCUT2D eigenvalue weighted by atomic mass is 16.5. The lowest BCUT2D eigenvalue weighted by Crippen LogP contribution is -2.30. The predicted octanol–water partition coefficient (Wildman–Crippen LogP) is 4.79. The van der Waals surface area contributed by atoms with Crippen LogP contribution in [0.15, 0.2) is 72.8 Å². The number of anilines is 1. The zero-order chi connectivity index (χ0) is 22.4. The maximum Gasteiger partial charge on any atom is 0.258 e. The summed E-state index contributed by atoms with van der Waals surface area (Å²) in [5.41, 5.74) is 2.56. The second kappa shape index (κ2) is 9.80. The summed E-state index contributed by atoms with van der Waals surface area (Å²) < 4.78 is 10.6. The van der Waals surface area contributed by atoms with E-state index in [1.54, 1.807) is 49.4 Å². The van der Waals surface area contributed by atoms with Crippen molar-refractivity contribution in [1.82, 2.24) is 4.90 Å². The van der Waals surface area contributed by atoms with Crippen molar-refractivity contribution in [1.29, 1.82) is 0 Å². The first-order chi connectivity index (χ1) is 14.9. The maximum absolute atomic E-state index is 13.2. The maximum atomic E-state index is 13.2. The average molecular weight is 418 g/mol. The highest BCUT2D eigenvalue weighted by Crippen LogP contribution is 2.29. The smallest absolute Gasteiger partial charge is 0.258 e. The SMILES string of the molecule is COc1ccc(OC)c(C(=O)N(C)[C@@H](C)c2cccc(NC(=O)c3ccccc3)c2)c1. The van der Waals surface area contributed by atoms with E-state index in [0.717, 1.165) is 5.56 Å². The second-order valence-corrected chi connectivity index (χ2v) is 7.10. The number of carbonyl (C=O) groups excluding carboxylic acids is 2. The Bertz CT molecular complexity index is 1070. The average Bonchev–Trinajstić information content (AvgIpc) is 2.82. The van der Waals surface area contributed by atoms with Gasteiger partial charge in [0.25, 0.3) is 11.8 Å². The normalized spacial score (nSPS) is 11.4. The summed E-state index contributed by atoms with van der Waals surface area (Å²) in [5, 5.41) is 2.91. The van der Waals surface area contributed by atoms with E-state index in [0.29, 0.717) is 28.3 Å². The van der Waals surface area contributed by atoms with Crippen LogP contribution in [-0.4, -0.2) is 38.0 Å². The number of nitrogens with zero attached hydrogens (tertiary/aromatic N) is 1. The van der Waals surface area contributed by atoms with Crippen molar-refractivity contribution in [3.8, 4) is 11.5 Å². The van der Waals surface area contributed by atoms with Crippen LogP contribution in [0.5, 0.6) is 11.5 Å². The van der Waals surface area contributed by atoms with E-state index in [9.17, 15) is 9.59 Å². The van der Waals surface area contributed by atoms with Gasteiger partial charge in [0.1, 0.15) is 11.5 Å². The molecule has 0 aliphatic carbocycles. The monoisotopic (exact) mass is 418 g/mol. The lowest BCUT2D eigenvalue weighted by atomic mass is 10.0. The van der Waals surface area contributed by atoms with E-state index in [1.807, 2.05) is 49.4 Å². The number of carbonyl (C=O) groups is 2. The van der Waals surface area contributed by atoms with Gasteiger partial charge in [-0.1, -0.05) is 30.3 Å². The van der Waals surface area contributed by atoms with E-state index in [1.165, 1.54) is 7.11 Å². The summed E-state index contributed by atoms with van der Waals surface area (Å²) in [5.74, 6) is 0.683. The zero-order valence-electron chi connectivity index (χ0n) is 18.1. The van der Waals surface area contributed by atoms with Crippen LogP contribution in [0.3, 0.4) is 0 Å². The first-order valence-electron chi connectivity index (χ1n) is 9.90. The second-order valence-electron chi connectivity index (χ2n) is 7.10. The molecule has 0 aromatic heterocycles. The third-order valence-electron chi connectivity index (χ3n) is 5.20. The van der Waals surface area contributed by atoms with Gasteiger partial charge >= 0.3 is 0 Å². The number of rotatable bonds is 7. The summed E-state index contributed by atoms with van der Waals surface area (Å²) in [6.07, 6.45) is 0. The van der Waals surface area contributed by atoms with Crippen molar-refractivity contribution in [2.45, 2.75) is 13.0 Å². The summed E-state index contributed by atoms with van der Waals surface area (Å²) in [6.45, 7) is 1.93. The van der Waals surface area contributed by atoms with Gasteiger partial charge in [-0.25, -0.2) is 0 Å². The number of benzene rings is 3. The third kappa shape index (κ3) is 5.04. The van der Waals surface area contributed by atoms with Gasteiger partial charge in [-0.2, -0.15) is 0 Å². The topological polar surface area (TPSA) is 67.9 Å². The van der Waals surface area contributed by atoms with E-state index >= 15 is 0 Å². The van der Waals surface area contributed by atoms with E-state index in [2.05, 4.69) is 5.32 Å². The summed E-state index contributed by atoms with van der Waals surface area (Å²) >= 11 is 0. The van der Waals surface area contributed by atoms with E-state index in [-0.39, 0.29) is 17.9 Å². The Hall–Kier alpha value is -3.80. The van der Waals surface area contributed by atoms with Gasteiger partial charge in [0, 0.05) is 18.3 Å². The van der Waals surface area contributed by atoms with Gasteiger partial charge in [-0.15, -0.1) is 0 Å². The first kappa shape index (κ1) is 21.9. The van der Waals surface area contributed by atoms with Crippen molar-refractivity contribution in [2.75, 3.05) is 26.6 Å². The Morgan fingerprint density at radius 1 is 0.903 bits per heavy atom. The minimum Gasteiger partial charge on any atom is -0.497 e. The first-order valence-corrected chi connectivity index (χ1v) is 9.90. The predicted molar refractivity (Wildman–Crippen MR) is 121 cm³/mol. The standard InChI is InChI=1S/C25H26N2O4/c1-17(27(2)25(29)22-16-21(30-3)13-14-23(22)31-4)19-11-8-12-20(15-19)26-24(28)18-9-6-5-7-10-18/h5-17H,1-4H3,(H,26,28)/t17-/m0/s1. The zero-order valence-corrected chi connectivity index (χ0v) is 18.1. The molecule has 6 nitrogen and oxygen atoms in total. The highest BCUT2D eigenvalue weighted by molar-refractivity contribution is 6.04. The molecule has 2 amide bonds. The fourth-order valence-corrected chi connectivity index (χ4v) is 3.24. The van der Waals surface area contributed by atoms with Crippen LogP contribution in [0.2, 0.25) is 0 Å². The number of nitrogens with one attached hydrogen (secondary N) is 1. The number of hydrogen-bond donors (Lipinski definition) is 1. The summed E-state index contributed by atoms with van der Waals surface area (Å²) in [4.78, 5) is 27.3. The Morgan fingerprint density at radius 3 is 2.32 bits per heavy atom. The van der Waals surface area contributed by atoms with E-state index in [4.69, 9.17) is 9.47 Å². The van der Waals surface area contributed by atoms with Gasteiger partial charge < -0.3 is 19.7 Å². The molecule has 3 aromatic rings. The molecule has 0 spiro atoms. The molecule has 31 heavy (non-hydrogen) atoms. The molecule has 3 rings (SSSR count). The molecule has 0 fully saturated rings. The van der Waals surface area contributed by atoms with Gasteiger partial charge in [-0.05, 0) is 55.0 Å². The molecule has 0 bridgehead atoms. The molecule has 0 aliphatic heterocycles. The van der Waals surface area contributed by atoms with Crippen LogP contribution in [0.4, 0.5) is 5.69 Å². The van der Waals surface area contributed by atoms with Gasteiger partial charge in [0.2, 0.25) is 0 Å². The number of methoxy groups -OCH3 is 2. The Labute approximate surface area is 182 Å². The molecule has 3 aromatic carbocycles. The lowest BCUT2D eigenvalue weighted by Gasteiger charge is -2.26. The van der Waals surface area contributed by atoms with Crippen molar-refractivity contribution in [2.24, 2.45) is 0 Å². The Balaban J connectivity index is 1.79. The Kier molecular flexibility index (Phi) is 6.92. The largest absolute Gasteiger partial charge is 0.497 e. The molecule has 6 heteroatoms. The molecule has 160 valence electrons. The fraction of sp³-hybridized carbons (Fsp3) is 0.200. The minimum absolute atomic E-state index is 0.184. The van der Waals surface area contributed by atoms with Gasteiger partial charge in [0.15, 0.2) is 0 Å². The van der Waals surface area contributed by atoms with E-state index < -0.39 is 0 Å². The molecule has 1 N–H and O–H groups in total. The van der Waals surface area contributed by atoms with Crippen LogP contribution < -0.4 is 14.8 Å². The quantitative estimate of drug-likeness (QED) is 0.599. The number of amides is 2. The van der Waals surface area contributed by atoms with Crippen LogP contribution in [0.25, 0.3) is 0 Å². The van der Waals surface area contributed by atoms with Crippen LogP contribution in [0, 0.1) is 0 Å². The van der Waals surface area contributed by atoms with Crippen molar-refractivity contribution < 1.29 is 19.1 Å². The molecule has 0 heterocycles. The third-order valence-corrected chi connectivity index (χ3v) is 5.20. The molecule has 0 unspecified atom stereocenters. The molecule has 1 atom stereocenters. The molecular weight excluding hydrogens is 392 g/mol. The fourth-order valence-electron chi connectivity index (χ4n) is 3.24. The molecule has 0 radical (unpaired) electrons. The van der Waals surface area contributed by atoms with Crippen LogP contribution >= 0.6 is 0 Å². The molecule has 0 saturated heterocycles. The van der Waals surface area contributed by atoms with Gasteiger partial charge in [-0.3, -0.25) is 9.59 Å². The highest BCUT2D eigenvalue weighted by Gasteiger charge is 2.23. The van der Waals surface area contributed by atoms with Crippen LogP contribution in [0.1, 0.15) is 39.2 Å². The molecular formula is C25H26N2O4. The van der Waals surface area contributed by atoms with Crippen molar-refractivity contribution in [3.05, 3.63) is 89.5 Å². The number of ether oxygens (including phenoxy) is 2. The summed E-state index contributed by atoms with van der Waals surface area (Å²) in [7, 11) is 4.82. The Morgan fingerprint density at radius 2 is 1.65 bits per heavy atom. The van der Waals surface area contributed by atoms with Crippen LogP contribution in [-0.2, 0) is 0 Å². The van der Waals surface area contributed by atoms with Crippen molar-refractivity contribution >= 4 is 17.5 Å². The number of hydrogen-bond acceptors (Lipinski definition) is 4. The molecule has 0 saturated carbocycles. The lowest BCUT2D eigenvalue weighted by molar-refractivity contribution is 0.0738. The summed E-state index contributed by atoms with van der Waals surface area (Å²) in [6, 6.07) is 21.4. The minimum atomic E-state index is -0.239. The van der Waals surface area contributed by atoms with Crippen molar-refractivity contribution in [3.63, 3.8) is 0 Å². The van der Waals surface area contributed by atoms with Gasteiger partial charge in [0.05, 0.1) is 25.8 Å².